The molecule has 0 aliphatic carbocycles. The molecule has 0 bridgehead atoms. The minimum atomic E-state index is -6.74. The van der Waals surface area contributed by atoms with E-state index in [1.807, 2.05) is 12.1 Å². The molecule has 0 spiro atoms. The maximum absolute atomic E-state index is 12.7. The van der Waals surface area contributed by atoms with E-state index in [9.17, 15) is 71.7 Å². The van der Waals surface area contributed by atoms with Gasteiger partial charge in [0.1, 0.15) is 0 Å². The second-order valence-electron chi connectivity index (χ2n) is 6.78. The molecule has 2 nitrogen and oxygen atoms in total. The van der Waals surface area contributed by atoms with Gasteiger partial charge in [0.25, 0.3) is 0 Å². The molecule has 2 rings (SSSR count). The van der Waals surface area contributed by atoms with Gasteiger partial charge in [-0.3, -0.25) is 0 Å². The summed E-state index contributed by atoms with van der Waals surface area (Å²) in [6, 6.07) is 16.7. The van der Waals surface area contributed by atoms with Gasteiger partial charge in [0.2, 0.25) is 0 Å². The van der Waals surface area contributed by atoms with E-state index in [2.05, 4.69) is 0 Å². The van der Waals surface area contributed by atoms with Crippen molar-refractivity contribution in [3.63, 3.8) is 0 Å². The SMILES string of the molecule is FC(F)(F)C(F)(F)C(F)(F)[CH2][Sn+2][CH2]C(F)(F)C(F)(F)C(F)(F)F.[O-]c1ccccc1.[O-]c1ccccc1. The summed E-state index contributed by atoms with van der Waals surface area (Å²) in [5, 5.41) is 20.5. The van der Waals surface area contributed by atoms with E-state index < -0.39 is 66.1 Å². The summed E-state index contributed by atoms with van der Waals surface area (Å²) < 4.78 is 166. The average molecular weight is 671 g/mol. The van der Waals surface area contributed by atoms with E-state index in [4.69, 9.17) is 0 Å². The molecule has 0 amide bonds. The molecule has 0 radical (unpaired) electrons. The molecule has 0 saturated carbocycles. The topological polar surface area (TPSA) is 46.1 Å². The van der Waals surface area contributed by atoms with Crippen LogP contribution >= 0.6 is 0 Å². The van der Waals surface area contributed by atoms with Crippen molar-refractivity contribution < 1.29 is 71.7 Å². The molecule has 0 aromatic heterocycles. The van der Waals surface area contributed by atoms with Gasteiger partial charge in [-0.1, -0.05) is 60.7 Å². The zero-order chi connectivity index (χ0) is 29.3. The summed E-state index contributed by atoms with van der Waals surface area (Å²) in [6.07, 6.45) is -13.5. The molecule has 37 heavy (non-hydrogen) atoms. The molecule has 0 aliphatic heterocycles. The van der Waals surface area contributed by atoms with Crippen LogP contribution in [0.4, 0.5) is 61.5 Å². The van der Waals surface area contributed by atoms with Crippen LogP contribution < -0.4 is 10.2 Å². The molecule has 2 aromatic carbocycles. The van der Waals surface area contributed by atoms with Gasteiger partial charge in [-0.25, -0.2) is 0 Å². The molecular formula is C20H14F14O2Sn. The molecular weight excluding hydrogens is 657 g/mol. The monoisotopic (exact) mass is 672 g/mol. The second kappa shape index (κ2) is 13.1. The maximum atomic E-state index is 12.7. The van der Waals surface area contributed by atoms with Crippen molar-refractivity contribution in [3.8, 4) is 11.5 Å². The van der Waals surface area contributed by atoms with E-state index in [1.165, 1.54) is 24.3 Å². The summed E-state index contributed by atoms with van der Waals surface area (Å²) in [5.41, 5.74) is 0. The number of rotatable bonds is 6. The van der Waals surface area contributed by atoms with E-state index in [0.29, 0.717) is 0 Å². The number of hydrogen-bond donors (Lipinski definition) is 0. The van der Waals surface area contributed by atoms with Crippen LogP contribution in [0.25, 0.3) is 0 Å². The first-order valence-corrected chi connectivity index (χ1v) is 13.3. The first-order chi connectivity index (χ1) is 16.5. The van der Waals surface area contributed by atoms with E-state index >= 15 is 0 Å². The molecule has 0 fully saturated rings. The van der Waals surface area contributed by atoms with Crippen LogP contribution in [0, 0.1) is 0 Å². The van der Waals surface area contributed by atoms with Crippen molar-refractivity contribution in [1.82, 2.24) is 0 Å². The van der Waals surface area contributed by atoms with Gasteiger partial charge in [-0.2, -0.15) is 0 Å². The zero-order valence-corrected chi connectivity index (χ0v) is 20.6. The Morgan fingerprint density at radius 2 is 0.703 bits per heavy atom. The molecule has 0 N–H and O–H groups in total. The average Bonchev–Trinajstić information content (AvgIpc) is 2.73. The van der Waals surface area contributed by atoms with Gasteiger partial charge in [-0.05, 0) is 0 Å². The summed E-state index contributed by atoms with van der Waals surface area (Å²) in [6.45, 7) is 0. The van der Waals surface area contributed by atoms with Crippen molar-refractivity contribution in [1.29, 1.82) is 0 Å². The number of hydrogen-bond acceptors (Lipinski definition) is 2. The molecule has 0 aliphatic rings. The number of halogens is 14. The standard InChI is InChI=1S/2C6H6O.2C4H2F7.Sn/c2*7-6-4-2-1-3-5-6;2*1-2(5,6)3(7,8)4(9,10)11;/h2*1-5,7H;2*1H2;/q;;;;+2/p-2. The summed E-state index contributed by atoms with van der Waals surface area (Å²) in [4.78, 5) is 0. The van der Waals surface area contributed by atoms with Crippen LogP contribution in [-0.2, 0) is 0 Å². The number of alkyl halides is 14. The fourth-order valence-electron chi connectivity index (χ4n) is 1.85. The predicted molar refractivity (Wildman–Crippen MR) is 99.0 cm³/mol. The Hall–Kier alpha value is -2.14. The molecule has 0 saturated heterocycles. The van der Waals surface area contributed by atoms with Crippen molar-refractivity contribution >= 4 is 21.1 Å². The second-order valence-corrected chi connectivity index (χ2v) is 10.2. The van der Waals surface area contributed by atoms with Gasteiger partial charge >= 0.3 is 128 Å². The first-order valence-electron chi connectivity index (χ1n) is 9.29. The first kappa shape index (κ1) is 34.9. The van der Waals surface area contributed by atoms with Gasteiger partial charge in [-0.15, -0.1) is 11.5 Å². The predicted octanol–water partition coefficient (Wildman–Crippen LogP) is 6.71. The molecule has 0 unspecified atom stereocenters. The van der Waals surface area contributed by atoms with Crippen LogP contribution in [0.2, 0.25) is 8.87 Å². The van der Waals surface area contributed by atoms with Crippen LogP contribution in [0.5, 0.6) is 11.5 Å². The Balaban J connectivity index is 0.000000734. The Morgan fingerprint density at radius 3 is 0.865 bits per heavy atom. The minimum absolute atomic E-state index is 0.0718. The zero-order valence-electron chi connectivity index (χ0n) is 17.8. The third-order valence-corrected chi connectivity index (χ3v) is 7.77. The fourth-order valence-corrected chi connectivity index (χ4v) is 5.27. The van der Waals surface area contributed by atoms with Crippen LogP contribution in [0.1, 0.15) is 0 Å². The smallest absolute Gasteiger partial charge is 0.0623 e. The van der Waals surface area contributed by atoms with Crippen molar-refractivity contribution in [2.75, 3.05) is 0 Å². The largest absolute Gasteiger partial charge is 0.872 e. The summed E-state index contributed by atoms with van der Waals surface area (Å²) in [7, 11) is 0. The Kier molecular flexibility index (Phi) is 12.3. The minimum Gasteiger partial charge on any atom is -0.872 e. The third kappa shape index (κ3) is 10.3. The maximum Gasteiger partial charge on any atom is -0.0623 e. The molecule has 0 atom stereocenters. The molecule has 0 heterocycles. The molecule has 208 valence electrons. The van der Waals surface area contributed by atoms with Gasteiger partial charge in [0, 0.05) is 0 Å². The number of benzene rings is 2. The van der Waals surface area contributed by atoms with E-state index in [0.717, 1.165) is 0 Å². The normalized spacial score (nSPS) is 12.9. The Labute approximate surface area is 210 Å². The Bertz CT molecular complexity index is 841. The van der Waals surface area contributed by atoms with Gasteiger partial charge < -0.3 is 10.2 Å². The van der Waals surface area contributed by atoms with E-state index in [1.54, 1.807) is 24.3 Å². The van der Waals surface area contributed by atoms with Crippen molar-refractivity contribution in [2.45, 2.75) is 44.9 Å². The Morgan fingerprint density at radius 1 is 0.459 bits per heavy atom. The van der Waals surface area contributed by atoms with Crippen LogP contribution in [0.15, 0.2) is 60.7 Å². The quantitative estimate of drug-likeness (QED) is 0.253. The summed E-state index contributed by atoms with van der Waals surface area (Å²) >= 11 is -3.84. The number of para-hydroxylation sites is 2. The van der Waals surface area contributed by atoms with Crippen molar-refractivity contribution in [2.24, 2.45) is 0 Å². The van der Waals surface area contributed by atoms with Crippen LogP contribution in [0.3, 0.4) is 0 Å². The van der Waals surface area contributed by atoms with Gasteiger partial charge in [0.15, 0.2) is 0 Å². The van der Waals surface area contributed by atoms with Crippen molar-refractivity contribution in [3.05, 3.63) is 60.7 Å². The van der Waals surface area contributed by atoms with Crippen LogP contribution in [-0.4, -0.2) is 57.2 Å². The third-order valence-electron chi connectivity index (χ3n) is 3.81. The fraction of sp³-hybridized carbons (Fsp3) is 0.400. The van der Waals surface area contributed by atoms with E-state index in [-0.39, 0.29) is 11.5 Å². The molecule has 2 aromatic rings. The summed E-state index contributed by atoms with van der Waals surface area (Å²) in [5.74, 6) is -24.9. The van der Waals surface area contributed by atoms with Gasteiger partial charge in [0.05, 0.1) is 0 Å². The molecule has 17 heteroatoms.